The van der Waals surface area contributed by atoms with Crippen LogP contribution in [0.4, 0.5) is 11.5 Å². The van der Waals surface area contributed by atoms with Crippen LogP contribution in [0.1, 0.15) is 46.9 Å². The fraction of sp³-hybridized carbons (Fsp3) is 0.226. The Labute approximate surface area is 228 Å². The van der Waals surface area contributed by atoms with E-state index in [1.165, 1.54) is 5.56 Å². The molecule has 0 aliphatic carbocycles. The normalized spacial score (nSPS) is 14.1. The smallest absolute Gasteiger partial charge is 0.261 e. The molecule has 5 rings (SSSR count). The molecule has 0 fully saturated rings. The monoisotopic (exact) mass is 524 g/mol. The fourth-order valence-corrected chi connectivity index (χ4v) is 4.72. The third-order valence-corrected chi connectivity index (χ3v) is 6.73. The van der Waals surface area contributed by atoms with Gasteiger partial charge in [0.25, 0.3) is 5.91 Å². The summed E-state index contributed by atoms with van der Waals surface area (Å²) in [6.45, 7) is 4.64. The quantitative estimate of drug-likeness (QED) is 0.272. The maximum Gasteiger partial charge on any atom is 0.261 e. The Balaban J connectivity index is 1.55. The van der Waals surface area contributed by atoms with Crippen molar-refractivity contribution in [3.8, 4) is 17.2 Å². The Kier molecular flexibility index (Phi) is 7.54. The predicted octanol–water partition coefficient (Wildman–Crippen LogP) is 6.17. The van der Waals surface area contributed by atoms with Gasteiger partial charge in [-0.05, 0) is 60.9 Å². The lowest BCUT2D eigenvalue weighted by atomic mass is 9.99. The number of hydrogen-bond acceptors (Lipinski definition) is 6. The molecule has 8 heteroatoms. The van der Waals surface area contributed by atoms with Gasteiger partial charge in [-0.25, -0.2) is 4.68 Å². The third-order valence-electron chi connectivity index (χ3n) is 6.73. The van der Waals surface area contributed by atoms with Crippen molar-refractivity contribution < 1.29 is 19.0 Å². The number of nitrogens with zero attached hydrogens (tertiary/aromatic N) is 2. The van der Waals surface area contributed by atoms with E-state index >= 15 is 0 Å². The molecule has 200 valence electrons. The highest BCUT2D eigenvalue weighted by atomic mass is 16.5. The molecule has 0 unspecified atom stereocenters. The Morgan fingerprint density at radius 2 is 1.77 bits per heavy atom. The second kappa shape index (κ2) is 11.3. The first-order chi connectivity index (χ1) is 19.1. The number of para-hydroxylation sites is 1. The number of aromatic nitrogens is 2. The van der Waals surface area contributed by atoms with Gasteiger partial charge in [0, 0.05) is 16.9 Å². The van der Waals surface area contributed by atoms with Gasteiger partial charge < -0.3 is 24.8 Å². The van der Waals surface area contributed by atoms with Crippen LogP contribution in [0.15, 0.2) is 79.0 Å². The zero-order valence-corrected chi connectivity index (χ0v) is 22.5. The van der Waals surface area contributed by atoms with Crippen LogP contribution in [0.25, 0.3) is 5.70 Å². The lowest BCUT2D eigenvalue weighted by Gasteiger charge is -2.27. The minimum absolute atomic E-state index is 0.271. The summed E-state index contributed by atoms with van der Waals surface area (Å²) >= 11 is 0. The highest BCUT2D eigenvalue weighted by Crippen LogP contribution is 2.41. The summed E-state index contributed by atoms with van der Waals surface area (Å²) in [5, 5.41) is 11.1. The van der Waals surface area contributed by atoms with Gasteiger partial charge in [-0.3, -0.25) is 4.79 Å². The maximum absolute atomic E-state index is 13.5. The van der Waals surface area contributed by atoms with Crippen LogP contribution in [0.5, 0.6) is 17.2 Å². The van der Waals surface area contributed by atoms with E-state index in [0.717, 1.165) is 29.0 Å². The molecule has 3 aromatic carbocycles. The first-order valence-corrected chi connectivity index (χ1v) is 13.0. The van der Waals surface area contributed by atoms with Crippen LogP contribution >= 0.6 is 0 Å². The van der Waals surface area contributed by atoms with Crippen LogP contribution in [0, 0.1) is 0 Å². The van der Waals surface area contributed by atoms with E-state index in [4.69, 9.17) is 14.2 Å². The van der Waals surface area contributed by atoms with Gasteiger partial charge in [0.1, 0.15) is 23.2 Å². The van der Waals surface area contributed by atoms with E-state index in [1.807, 2.05) is 49.4 Å². The Morgan fingerprint density at radius 1 is 1.00 bits per heavy atom. The van der Waals surface area contributed by atoms with E-state index in [9.17, 15) is 4.79 Å². The summed E-state index contributed by atoms with van der Waals surface area (Å²) in [6, 6.07) is 21.1. The van der Waals surface area contributed by atoms with Crippen LogP contribution in [0.3, 0.4) is 0 Å². The molecule has 8 nitrogen and oxygen atoms in total. The number of aryl methyl sites for hydroxylation is 1. The van der Waals surface area contributed by atoms with Crippen molar-refractivity contribution in [3.05, 3.63) is 101 Å². The number of allylic oxidation sites excluding steroid dienone is 1. The van der Waals surface area contributed by atoms with Crippen molar-refractivity contribution in [2.24, 2.45) is 0 Å². The molecule has 0 saturated heterocycles. The number of methoxy groups -OCH3 is 2. The summed E-state index contributed by atoms with van der Waals surface area (Å²) in [4.78, 5) is 13.5. The third kappa shape index (κ3) is 5.18. The Hall–Kier alpha value is -4.72. The topological polar surface area (TPSA) is 86.6 Å². The van der Waals surface area contributed by atoms with Gasteiger partial charge in [0.05, 0.1) is 27.0 Å². The molecule has 4 aromatic rings. The summed E-state index contributed by atoms with van der Waals surface area (Å²) in [5.74, 6) is 2.31. The molecule has 1 atom stereocenters. The average Bonchev–Trinajstić information content (AvgIpc) is 3.41. The zero-order valence-electron chi connectivity index (χ0n) is 22.5. The lowest BCUT2D eigenvalue weighted by molar-refractivity contribution is 0.102. The number of ether oxygens (including phenoxy) is 3. The van der Waals surface area contributed by atoms with Crippen molar-refractivity contribution >= 4 is 23.1 Å². The maximum atomic E-state index is 13.5. The number of fused-ring (bicyclic) bond motifs is 1. The van der Waals surface area contributed by atoms with Gasteiger partial charge in [-0.1, -0.05) is 43.3 Å². The molecule has 1 aliphatic heterocycles. The van der Waals surface area contributed by atoms with Crippen LogP contribution in [0.2, 0.25) is 0 Å². The first-order valence-electron chi connectivity index (χ1n) is 13.0. The molecular weight excluding hydrogens is 492 g/mol. The number of anilines is 2. The number of nitrogens with one attached hydrogen (secondary N) is 2. The van der Waals surface area contributed by atoms with E-state index in [-0.39, 0.29) is 11.9 Å². The molecule has 0 bridgehead atoms. The molecular formula is C31H32N4O4. The number of amides is 1. The minimum Gasteiger partial charge on any atom is -0.494 e. The molecule has 1 aliphatic rings. The number of carbonyl (C=O) groups is 1. The first kappa shape index (κ1) is 25.9. The number of rotatable bonds is 9. The SMILES string of the molecule is CCOc1ccc(NC(=O)c2cnn3c2NC(c2ccc(CC)cc2)=C[C@@H]3c2cccc(OC)c2OC)cc1. The van der Waals surface area contributed by atoms with E-state index in [2.05, 4.69) is 53.0 Å². The van der Waals surface area contributed by atoms with Gasteiger partial charge in [-0.2, -0.15) is 5.10 Å². The summed E-state index contributed by atoms with van der Waals surface area (Å²) in [5.41, 5.74) is 5.08. The molecule has 0 spiro atoms. The van der Waals surface area contributed by atoms with Crippen LogP contribution < -0.4 is 24.8 Å². The fourth-order valence-electron chi connectivity index (χ4n) is 4.72. The van der Waals surface area contributed by atoms with E-state index in [1.54, 1.807) is 25.1 Å². The van der Waals surface area contributed by atoms with Crippen LogP contribution in [-0.4, -0.2) is 36.5 Å². The van der Waals surface area contributed by atoms with Gasteiger partial charge in [-0.15, -0.1) is 0 Å². The molecule has 2 N–H and O–H groups in total. The van der Waals surface area contributed by atoms with Crippen molar-refractivity contribution in [3.63, 3.8) is 0 Å². The predicted molar refractivity (Wildman–Crippen MR) is 153 cm³/mol. The molecule has 0 saturated carbocycles. The summed E-state index contributed by atoms with van der Waals surface area (Å²) < 4.78 is 18.6. The summed E-state index contributed by atoms with van der Waals surface area (Å²) in [7, 11) is 3.24. The highest BCUT2D eigenvalue weighted by Gasteiger charge is 2.30. The minimum atomic E-state index is -0.348. The largest absolute Gasteiger partial charge is 0.494 e. The second-order valence-corrected chi connectivity index (χ2v) is 9.05. The van der Waals surface area contributed by atoms with Crippen LogP contribution in [-0.2, 0) is 6.42 Å². The molecule has 2 heterocycles. The Morgan fingerprint density at radius 3 is 2.44 bits per heavy atom. The van der Waals surface area contributed by atoms with Gasteiger partial charge >= 0.3 is 0 Å². The van der Waals surface area contributed by atoms with Gasteiger partial charge in [0.2, 0.25) is 0 Å². The molecule has 39 heavy (non-hydrogen) atoms. The molecule has 1 amide bonds. The average molecular weight is 525 g/mol. The second-order valence-electron chi connectivity index (χ2n) is 9.05. The van der Waals surface area contributed by atoms with Crippen molar-refractivity contribution in [1.29, 1.82) is 0 Å². The zero-order chi connectivity index (χ0) is 27.4. The van der Waals surface area contributed by atoms with Gasteiger partial charge in [0.15, 0.2) is 11.5 Å². The van der Waals surface area contributed by atoms with E-state index in [0.29, 0.717) is 35.2 Å². The van der Waals surface area contributed by atoms with E-state index < -0.39 is 0 Å². The molecule has 1 aromatic heterocycles. The van der Waals surface area contributed by atoms with Crippen molar-refractivity contribution in [2.75, 3.05) is 31.5 Å². The number of benzene rings is 3. The van der Waals surface area contributed by atoms with Crippen molar-refractivity contribution in [2.45, 2.75) is 26.3 Å². The number of carbonyl (C=O) groups excluding carboxylic acids is 1. The lowest BCUT2D eigenvalue weighted by Crippen LogP contribution is -2.22. The highest BCUT2D eigenvalue weighted by molar-refractivity contribution is 6.08. The summed E-state index contributed by atoms with van der Waals surface area (Å²) in [6.07, 6.45) is 4.63. The molecule has 0 radical (unpaired) electrons. The number of hydrogen-bond donors (Lipinski definition) is 2. The van der Waals surface area contributed by atoms with Crippen molar-refractivity contribution in [1.82, 2.24) is 9.78 Å². The standard InChI is InChI=1S/C31H32N4O4/c1-5-20-10-12-21(13-11-20)26-18-27(24-8-7-9-28(37-3)29(24)38-4)35-30(34-26)25(19-32-35)31(36)33-22-14-16-23(17-15-22)39-6-2/h7-19,27,34H,5-6H2,1-4H3,(H,33,36)/t27-/m1/s1. The Bertz CT molecular complexity index is 1490.